The third kappa shape index (κ3) is 5.43. The zero-order valence-corrected chi connectivity index (χ0v) is 23.1. The first-order valence-corrected chi connectivity index (χ1v) is 15.3. The molecule has 0 saturated carbocycles. The highest BCUT2D eigenvalue weighted by Crippen LogP contribution is 2.47. The molecule has 10 heteroatoms. The fourth-order valence-electron chi connectivity index (χ4n) is 5.41. The van der Waals surface area contributed by atoms with Gasteiger partial charge in [0.15, 0.2) is 12.3 Å². The molecule has 2 aliphatic rings. The summed E-state index contributed by atoms with van der Waals surface area (Å²) in [5.74, 6) is -0.802. The molecule has 0 aromatic heterocycles. The van der Waals surface area contributed by atoms with Gasteiger partial charge in [-0.15, -0.1) is 0 Å². The molecule has 0 radical (unpaired) electrons. The van der Waals surface area contributed by atoms with E-state index in [2.05, 4.69) is 27.7 Å². The minimum Gasteiger partial charge on any atom is -0.343 e. The predicted molar refractivity (Wildman–Crippen MR) is 146 cm³/mol. The number of hydrogen-bond donors (Lipinski definition) is 2. The molecule has 0 aliphatic carbocycles. The number of anilines is 1. The second-order valence-corrected chi connectivity index (χ2v) is 13.6. The first-order chi connectivity index (χ1) is 17.1. The summed E-state index contributed by atoms with van der Waals surface area (Å²) in [7, 11) is -8.29. The fourth-order valence-corrected chi connectivity index (χ4v) is 6.23. The van der Waals surface area contributed by atoms with Crippen molar-refractivity contribution in [1.82, 2.24) is 0 Å². The van der Waals surface area contributed by atoms with E-state index in [4.69, 9.17) is 0 Å². The van der Waals surface area contributed by atoms with E-state index in [1.165, 1.54) is 0 Å². The summed E-state index contributed by atoms with van der Waals surface area (Å²) in [5, 5.41) is 0. The lowest BCUT2D eigenvalue weighted by molar-refractivity contribution is -0.432. The molecule has 2 heterocycles. The molecule has 0 bridgehead atoms. The smallest absolute Gasteiger partial charge is 0.271 e. The SMILES string of the molecule is CC1(C)C(=CC=CC2=[N+](CCS(=O)(=O)O)c3ccccc3C2(C)C)N(CCS(=O)(=O)O)c2ccccc21. The summed E-state index contributed by atoms with van der Waals surface area (Å²) >= 11 is 0. The Balaban J connectivity index is 1.77. The minimum atomic E-state index is -4.15. The highest BCUT2D eigenvalue weighted by atomic mass is 32.2. The van der Waals surface area contributed by atoms with Crippen molar-refractivity contribution in [3.8, 4) is 0 Å². The quantitative estimate of drug-likeness (QED) is 0.379. The van der Waals surface area contributed by atoms with Gasteiger partial charge in [-0.2, -0.15) is 21.4 Å². The number of para-hydroxylation sites is 2. The standard InChI is InChI=1S/C27H32N2O6S2/c1-26(2)20-10-5-7-12-22(20)28(16-18-36(30,31)32)24(26)14-9-15-25-27(3,4)21-11-6-8-13-23(21)29(25)17-19-37(33,34)35/h5-15H,16-19H2,1-4H3,(H-,30,31,32,33,34,35)/p+1. The summed E-state index contributed by atoms with van der Waals surface area (Å²) in [6.07, 6.45) is 5.78. The van der Waals surface area contributed by atoms with Gasteiger partial charge in [-0.1, -0.05) is 56.3 Å². The Bertz CT molecular complexity index is 1530. The van der Waals surface area contributed by atoms with Gasteiger partial charge in [0.2, 0.25) is 5.69 Å². The van der Waals surface area contributed by atoms with Crippen LogP contribution < -0.4 is 4.90 Å². The number of nitrogens with zero attached hydrogens (tertiary/aromatic N) is 2. The minimum absolute atomic E-state index is 0.104. The van der Waals surface area contributed by atoms with Crippen LogP contribution in [0.5, 0.6) is 0 Å². The molecule has 0 atom stereocenters. The molecule has 4 rings (SSSR count). The van der Waals surface area contributed by atoms with Crippen molar-refractivity contribution in [2.45, 2.75) is 38.5 Å². The maximum absolute atomic E-state index is 11.5. The summed E-state index contributed by atoms with van der Waals surface area (Å²) < 4.78 is 66.8. The number of rotatable bonds is 8. The highest BCUT2D eigenvalue weighted by Gasteiger charge is 2.44. The van der Waals surface area contributed by atoms with Crippen LogP contribution in [0.2, 0.25) is 0 Å². The zero-order valence-electron chi connectivity index (χ0n) is 21.4. The summed E-state index contributed by atoms with van der Waals surface area (Å²) in [5.41, 5.74) is 4.84. The molecule has 0 spiro atoms. The van der Waals surface area contributed by atoms with E-state index >= 15 is 0 Å². The second-order valence-electron chi connectivity index (χ2n) is 10.5. The number of allylic oxidation sites excluding steroid dienone is 4. The average Bonchev–Trinajstić information content (AvgIpc) is 3.15. The third-order valence-corrected chi connectivity index (χ3v) is 8.65. The number of fused-ring (bicyclic) bond motifs is 2. The van der Waals surface area contributed by atoms with E-state index in [0.717, 1.165) is 33.9 Å². The summed E-state index contributed by atoms with van der Waals surface area (Å²) in [4.78, 5) is 1.92. The Morgan fingerprint density at radius 1 is 0.838 bits per heavy atom. The topological polar surface area (TPSA) is 115 Å². The molecule has 198 valence electrons. The number of benzene rings is 2. The van der Waals surface area contributed by atoms with Gasteiger partial charge in [0.1, 0.15) is 5.75 Å². The van der Waals surface area contributed by atoms with Crippen molar-refractivity contribution in [2.24, 2.45) is 0 Å². The third-order valence-electron chi connectivity index (χ3n) is 7.25. The highest BCUT2D eigenvalue weighted by molar-refractivity contribution is 7.86. The molecular weight excluding hydrogens is 512 g/mol. The lowest BCUT2D eigenvalue weighted by atomic mass is 9.81. The van der Waals surface area contributed by atoms with E-state index in [1.807, 2.05) is 76.2 Å². The Labute approximate surface area is 219 Å². The van der Waals surface area contributed by atoms with Gasteiger partial charge < -0.3 is 4.90 Å². The normalized spacial score (nSPS) is 19.6. The van der Waals surface area contributed by atoms with Crippen LogP contribution in [0.4, 0.5) is 11.4 Å². The summed E-state index contributed by atoms with van der Waals surface area (Å²) in [6.45, 7) is 8.49. The van der Waals surface area contributed by atoms with Gasteiger partial charge in [-0.25, -0.2) is 0 Å². The molecule has 0 fully saturated rings. The first kappa shape index (κ1) is 27.3. The van der Waals surface area contributed by atoms with E-state index in [1.54, 1.807) is 0 Å². The molecular formula is C27H33N2O6S2+. The zero-order chi connectivity index (χ0) is 27.2. The molecule has 0 unspecified atom stereocenters. The Hall–Kier alpha value is -2.79. The van der Waals surface area contributed by atoms with E-state index in [0.29, 0.717) is 0 Å². The van der Waals surface area contributed by atoms with Crippen molar-refractivity contribution >= 4 is 37.3 Å². The van der Waals surface area contributed by atoms with Crippen LogP contribution in [0, 0.1) is 0 Å². The van der Waals surface area contributed by atoms with Crippen LogP contribution in [0.3, 0.4) is 0 Å². The van der Waals surface area contributed by atoms with Gasteiger partial charge in [-0.05, 0) is 31.6 Å². The largest absolute Gasteiger partial charge is 0.343 e. The van der Waals surface area contributed by atoms with Gasteiger partial charge in [0.05, 0.1) is 11.2 Å². The Morgan fingerprint density at radius 3 is 2.08 bits per heavy atom. The predicted octanol–water partition coefficient (Wildman–Crippen LogP) is 4.08. The Morgan fingerprint density at radius 2 is 1.43 bits per heavy atom. The Kier molecular flexibility index (Phi) is 7.00. The monoisotopic (exact) mass is 545 g/mol. The number of hydrogen-bond acceptors (Lipinski definition) is 5. The lowest BCUT2D eigenvalue weighted by Gasteiger charge is -2.26. The van der Waals surface area contributed by atoms with Gasteiger partial charge in [0, 0.05) is 41.1 Å². The van der Waals surface area contributed by atoms with Crippen LogP contribution in [0.1, 0.15) is 38.8 Å². The van der Waals surface area contributed by atoms with Crippen molar-refractivity contribution < 1.29 is 30.5 Å². The van der Waals surface area contributed by atoms with Crippen LogP contribution >= 0.6 is 0 Å². The van der Waals surface area contributed by atoms with Gasteiger partial charge in [-0.3, -0.25) is 9.11 Å². The van der Waals surface area contributed by atoms with Crippen LogP contribution in [-0.4, -0.2) is 60.8 Å². The summed E-state index contributed by atoms with van der Waals surface area (Å²) in [6, 6.07) is 15.6. The van der Waals surface area contributed by atoms with E-state index in [-0.39, 0.29) is 13.1 Å². The van der Waals surface area contributed by atoms with E-state index in [9.17, 15) is 25.9 Å². The molecule has 8 nitrogen and oxygen atoms in total. The van der Waals surface area contributed by atoms with E-state index < -0.39 is 42.6 Å². The van der Waals surface area contributed by atoms with Gasteiger partial charge >= 0.3 is 0 Å². The molecule has 2 aromatic carbocycles. The van der Waals surface area contributed by atoms with Crippen molar-refractivity contribution in [1.29, 1.82) is 0 Å². The van der Waals surface area contributed by atoms with Crippen molar-refractivity contribution in [3.05, 3.63) is 83.6 Å². The van der Waals surface area contributed by atoms with Gasteiger partial charge in [0.25, 0.3) is 20.2 Å². The molecule has 37 heavy (non-hydrogen) atoms. The molecule has 2 N–H and O–H groups in total. The molecule has 0 amide bonds. The van der Waals surface area contributed by atoms with Crippen molar-refractivity contribution in [3.63, 3.8) is 0 Å². The average molecular weight is 546 g/mol. The second kappa shape index (κ2) is 9.50. The maximum Gasteiger partial charge on any atom is 0.271 e. The van der Waals surface area contributed by atoms with Crippen molar-refractivity contribution in [2.75, 3.05) is 29.5 Å². The molecule has 0 saturated heterocycles. The first-order valence-electron chi connectivity index (χ1n) is 12.0. The fraction of sp³-hybridized carbons (Fsp3) is 0.370. The lowest BCUT2D eigenvalue weighted by Crippen LogP contribution is -2.30. The molecule has 2 aromatic rings. The maximum atomic E-state index is 11.5. The van der Waals surface area contributed by atoms with Crippen LogP contribution in [0.15, 0.2) is 72.5 Å². The molecule has 2 aliphatic heterocycles. The van der Waals surface area contributed by atoms with Crippen LogP contribution in [0.25, 0.3) is 0 Å². The van der Waals surface area contributed by atoms with Crippen LogP contribution in [-0.2, 0) is 31.1 Å².